The van der Waals surface area contributed by atoms with Crippen LogP contribution >= 0.6 is 0 Å². The van der Waals surface area contributed by atoms with Crippen LogP contribution in [0.25, 0.3) is 11.1 Å². The van der Waals surface area contributed by atoms with Gasteiger partial charge in [0.1, 0.15) is 5.75 Å². The van der Waals surface area contributed by atoms with Crippen LogP contribution in [-0.2, 0) is 21.7 Å². The molecule has 0 spiro atoms. The Balaban J connectivity index is -0.000000561. The molecule has 6 heteroatoms. The van der Waals surface area contributed by atoms with E-state index in [1.165, 1.54) is 5.19 Å². The van der Waals surface area contributed by atoms with E-state index in [1.807, 2.05) is 61.5 Å². The molecular weight excluding hydrogens is 443 g/mol. The molecule has 1 nitrogen and oxygen atoms in total. The first-order valence-corrected chi connectivity index (χ1v) is 11.5. The van der Waals surface area contributed by atoms with Crippen molar-refractivity contribution in [1.82, 2.24) is 0 Å². The van der Waals surface area contributed by atoms with E-state index >= 15 is 0 Å². The standard InChI is InChI=1S/C16H20OSi.C5H5.2ClH.H3Si.Ti/c1-12-10-14(17)16(13-8-6-5-7-9-13)15(11-12)18(2,3)4;1-2-4-5-3-1;;;;/h5-11,17H,1-4H3;1-5H;2*1H;1H3;/q;-1;;;;+3/p-2. The van der Waals surface area contributed by atoms with Crippen LogP contribution in [0.4, 0.5) is 0 Å². The smallest absolute Gasteiger partial charge is 1.00 e. The monoisotopic (exact) mass is 470 g/mol. The summed E-state index contributed by atoms with van der Waals surface area (Å²) in [5.74, 6) is 0.402. The number of phenolic OH excluding ortho intramolecular Hbond substituents is 1. The minimum atomic E-state index is -1.48. The summed E-state index contributed by atoms with van der Waals surface area (Å²) >= 11 is 0. The number of rotatable bonds is 2. The van der Waals surface area contributed by atoms with Crippen LogP contribution in [0.5, 0.6) is 5.75 Å². The van der Waals surface area contributed by atoms with Gasteiger partial charge in [-0.1, -0.05) is 56.0 Å². The number of aryl methyl sites for hydroxylation is 1. The first-order valence-electron chi connectivity index (χ1n) is 7.96. The zero-order chi connectivity index (χ0) is 16.9. The minimum Gasteiger partial charge on any atom is -1.00 e. The van der Waals surface area contributed by atoms with Crippen molar-refractivity contribution < 1.29 is 51.6 Å². The molecule has 0 aliphatic rings. The number of hydrogen-bond acceptors (Lipinski definition) is 1. The molecule has 0 saturated heterocycles. The molecule has 0 amide bonds. The molecule has 0 aliphatic heterocycles. The second-order valence-electron chi connectivity index (χ2n) is 6.78. The summed E-state index contributed by atoms with van der Waals surface area (Å²) < 4.78 is 0. The topological polar surface area (TPSA) is 20.2 Å². The van der Waals surface area contributed by atoms with Crippen LogP contribution in [-0.4, -0.2) is 24.1 Å². The van der Waals surface area contributed by atoms with E-state index in [9.17, 15) is 5.11 Å². The van der Waals surface area contributed by atoms with E-state index in [0.29, 0.717) is 5.75 Å². The molecule has 0 heterocycles. The van der Waals surface area contributed by atoms with Gasteiger partial charge in [-0.05, 0) is 40.3 Å². The second kappa shape index (κ2) is 14.3. The number of benzene rings is 2. The predicted molar refractivity (Wildman–Crippen MR) is 113 cm³/mol. The largest absolute Gasteiger partial charge is 3.00 e. The van der Waals surface area contributed by atoms with Crippen LogP contribution in [0.1, 0.15) is 5.56 Å². The maximum absolute atomic E-state index is 10.3. The van der Waals surface area contributed by atoms with Crippen molar-refractivity contribution in [3.63, 3.8) is 0 Å². The van der Waals surface area contributed by atoms with Crippen molar-refractivity contribution in [2.75, 3.05) is 0 Å². The molecule has 0 bridgehead atoms. The molecule has 0 atom stereocenters. The minimum absolute atomic E-state index is 0. The average Bonchev–Trinajstić information content (AvgIpc) is 3.06. The Hall–Kier alpha value is -0.682. The van der Waals surface area contributed by atoms with Crippen molar-refractivity contribution in [3.05, 3.63) is 78.4 Å². The van der Waals surface area contributed by atoms with Gasteiger partial charge in [-0.15, -0.1) is 0 Å². The first-order chi connectivity index (χ1) is 10.9. The molecule has 144 valence electrons. The van der Waals surface area contributed by atoms with Gasteiger partial charge in [0.05, 0.1) is 8.07 Å². The molecule has 1 N–H and O–H groups in total. The number of aromatic hydroxyl groups is 1. The molecule has 0 aromatic heterocycles. The molecule has 0 fully saturated rings. The molecule has 0 aliphatic carbocycles. The van der Waals surface area contributed by atoms with E-state index in [0.717, 1.165) is 16.7 Å². The third-order valence-electron chi connectivity index (χ3n) is 3.69. The van der Waals surface area contributed by atoms with Gasteiger partial charge in [0.25, 0.3) is 0 Å². The van der Waals surface area contributed by atoms with E-state index in [4.69, 9.17) is 0 Å². The Morgan fingerprint density at radius 3 is 1.78 bits per heavy atom. The second-order valence-corrected chi connectivity index (χ2v) is 11.8. The molecule has 2 radical (unpaired) electrons. The predicted octanol–water partition coefficient (Wildman–Crippen LogP) is -1.86. The fourth-order valence-corrected chi connectivity index (χ4v) is 4.27. The van der Waals surface area contributed by atoms with Crippen molar-refractivity contribution in [1.29, 1.82) is 0 Å². The molecule has 0 saturated carbocycles. The zero-order valence-electron chi connectivity index (χ0n) is 16.6. The maximum Gasteiger partial charge on any atom is 3.00 e. The van der Waals surface area contributed by atoms with E-state index in [2.05, 4.69) is 37.8 Å². The van der Waals surface area contributed by atoms with Crippen molar-refractivity contribution in [2.45, 2.75) is 26.6 Å². The molecule has 3 rings (SSSR count). The van der Waals surface area contributed by atoms with E-state index in [-0.39, 0.29) is 57.5 Å². The van der Waals surface area contributed by atoms with Gasteiger partial charge in [-0.25, -0.2) is 12.1 Å². The fourth-order valence-electron chi connectivity index (χ4n) is 2.59. The molecule has 27 heavy (non-hydrogen) atoms. The zero-order valence-corrected chi connectivity index (χ0v) is 22.7. The van der Waals surface area contributed by atoms with Crippen LogP contribution in [0.2, 0.25) is 19.6 Å². The number of phenols is 1. The first kappa shape index (κ1) is 31.0. The summed E-state index contributed by atoms with van der Waals surface area (Å²) in [4.78, 5) is 0. The van der Waals surface area contributed by atoms with Gasteiger partial charge in [-0.2, -0.15) is 18.2 Å². The van der Waals surface area contributed by atoms with Crippen LogP contribution in [0, 0.1) is 6.92 Å². The van der Waals surface area contributed by atoms with Gasteiger partial charge in [0.15, 0.2) is 0 Å². The molecular formula is C21H28Cl2OSi2Ti. The number of hydrogen-bond donors (Lipinski definition) is 1. The Kier molecular flexibility index (Phi) is 16.5. The average molecular weight is 471 g/mol. The molecule has 3 aromatic carbocycles. The summed E-state index contributed by atoms with van der Waals surface area (Å²) in [6.07, 6.45) is 0. The van der Waals surface area contributed by atoms with Crippen molar-refractivity contribution in [2.24, 2.45) is 0 Å². The van der Waals surface area contributed by atoms with Crippen LogP contribution in [0.15, 0.2) is 72.8 Å². The summed E-state index contributed by atoms with van der Waals surface area (Å²) in [6, 6.07) is 24.2. The quantitative estimate of drug-likeness (QED) is 0.344. The Morgan fingerprint density at radius 2 is 1.37 bits per heavy atom. The van der Waals surface area contributed by atoms with Crippen LogP contribution < -0.4 is 30.0 Å². The van der Waals surface area contributed by atoms with Gasteiger partial charge in [0, 0.05) is 5.56 Å². The normalized spacial score (nSPS) is 9.19. The van der Waals surface area contributed by atoms with Gasteiger partial charge >= 0.3 is 21.7 Å². The van der Waals surface area contributed by atoms with Gasteiger partial charge in [-0.3, -0.25) is 0 Å². The molecule has 0 unspecified atom stereocenters. The maximum atomic E-state index is 10.3. The van der Waals surface area contributed by atoms with Crippen molar-refractivity contribution in [3.8, 4) is 16.9 Å². The Morgan fingerprint density at radius 1 is 0.852 bits per heavy atom. The fraction of sp³-hybridized carbons (Fsp3) is 0.190. The van der Waals surface area contributed by atoms with E-state index in [1.54, 1.807) is 0 Å². The SMILES string of the molecule is Cc1cc(O)c(-c2ccccc2)c([Si](C)(C)C)c1.[Cl-].[Cl-].[SiH3].[Ti+3].c1cc[cH-]c1. The summed E-state index contributed by atoms with van der Waals surface area (Å²) in [5, 5.41) is 11.6. The number of halogens is 2. The third kappa shape index (κ3) is 9.38. The molecule has 3 aromatic rings. The summed E-state index contributed by atoms with van der Waals surface area (Å²) in [5.41, 5.74) is 3.25. The van der Waals surface area contributed by atoms with Gasteiger partial charge < -0.3 is 29.9 Å². The van der Waals surface area contributed by atoms with Crippen molar-refractivity contribution >= 4 is 24.2 Å². The van der Waals surface area contributed by atoms with E-state index < -0.39 is 8.07 Å². The summed E-state index contributed by atoms with van der Waals surface area (Å²) in [7, 11) is -1.48. The van der Waals surface area contributed by atoms with Gasteiger partial charge in [0.2, 0.25) is 0 Å². The third-order valence-corrected chi connectivity index (χ3v) is 5.70. The summed E-state index contributed by atoms with van der Waals surface area (Å²) in [6.45, 7) is 8.98. The Labute approximate surface area is 196 Å². The van der Waals surface area contributed by atoms with Crippen LogP contribution in [0.3, 0.4) is 0 Å². The Bertz CT molecular complexity index is 726.